The van der Waals surface area contributed by atoms with Crippen LogP contribution in [0.15, 0.2) is 18.6 Å². The Labute approximate surface area is 122 Å². The fraction of sp³-hybridized carbons (Fsp3) is 0.429. The molecule has 7 nitrogen and oxygen atoms in total. The predicted octanol–water partition coefficient (Wildman–Crippen LogP) is 1.03. The van der Waals surface area contributed by atoms with E-state index in [0.29, 0.717) is 31.1 Å². The number of hydrogen-bond donors (Lipinski definition) is 1. The molecule has 1 fully saturated rings. The van der Waals surface area contributed by atoms with Gasteiger partial charge in [0.2, 0.25) is 0 Å². The average Bonchev–Trinajstić information content (AvgIpc) is 2.93. The highest BCUT2D eigenvalue weighted by Crippen LogP contribution is 2.26. The van der Waals surface area contributed by atoms with Crippen molar-refractivity contribution in [2.45, 2.75) is 19.9 Å². The Balaban J connectivity index is 1.89. The number of aryl methyl sites for hydroxylation is 2. The second-order valence-electron chi connectivity index (χ2n) is 5.07. The van der Waals surface area contributed by atoms with Gasteiger partial charge in [0.1, 0.15) is 5.82 Å². The predicted molar refractivity (Wildman–Crippen MR) is 74.7 cm³/mol. The Hall–Kier alpha value is -2.28. The van der Waals surface area contributed by atoms with E-state index < -0.39 is 0 Å². The molecule has 1 amide bonds. The van der Waals surface area contributed by atoms with E-state index in [2.05, 4.69) is 20.2 Å². The number of carbonyl (C=O) groups is 1. The second kappa shape index (κ2) is 5.61. The van der Waals surface area contributed by atoms with Crippen molar-refractivity contribution < 1.29 is 9.53 Å². The molecule has 21 heavy (non-hydrogen) atoms. The van der Waals surface area contributed by atoms with Gasteiger partial charge in [0.25, 0.3) is 5.91 Å². The topological polar surface area (TPSA) is 84.0 Å². The maximum absolute atomic E-state index is 12.7. The summed E-state index contributed by atoms with van der Waals surface area (Å²) in [4.78, 5) is 22.7. The second-order valence-corrected chi connectivity index (χ2v) is 5.07. The molecule has 2 aromatic rings. The lowest BCUT2D eigenvalue weighted by molar-refractivity contribution is -0.00412. The van der Waals surface area contributed by atoms with Gasteiger partial charge in [-0.05, 0) is 19.4 Å². The molecule has 7 heteroatoms. The minimum Gasteiger partial charge on any atom is -0.377 e. The Morgan fingerprint density at radius 2 is 2.10 bits per heavy atom. The van der Waals surface area contributed by atoms with Crippen molar-refractivity contribution in [2.75, 3.05) is 19.8 Å². The summed E-state index contributed by atoms with van der Waals surface area (Å²) in [7, 11) is 0. The van der Waals surface area contributed by atoms with Crippen LogP contribution in [-0.2, 0) is 4.74 Å². The summed E-state index contributed by atoms with van der Waals surface area (Å²) in [6.45, 7) is 5.28. The summed E-state index contributed by atoms with van der Waals surface area (Å²) in [6, 6.07) is -0.157. The van der Waals surface area contributed by atoms with Gasteiger partial charge in [-0.1, -0.05) is 0 Å². The fourth-order valence-electron chi connectivity index (χ4n) is 2.45. The molecular formula is C14H17N5O2. The maximum Gasteiger partial charge on any atom is 0.257 e. The Kier molecular flexibility index (Phi) is 3.66. The van der Waals surface area contributed by atoms with Crippen molar-refractivity contribution in [1.29, 1.82) is 0 Å². The summed E-state index contributed by atoms with van der Waals surface area (Å²) in [5.41, 5.74) is 2.42. The first kappa shape index (κ1) is 13.7. The van der Waals surface area contributed by atoms with Crippen LogP contribution < -0.4 is 0 Å². The van der Waals surface area contributed by atoms with Crippen LogP contribution in [0, 0.1) is 13.8 Å². The number of carbonyl (C=O) groups excluding carboxylic acids is 1. The zero-order valence-electron chi connectivity index (χ0n) is 12.0. The highest BCUT2D eigenvalue weighted by atomic mass is 16.5. The van der Waals surface area contributed by atoms with E-state index in [4.69, 9.17) is 4.74 Å². The maximum atomic E-state index is 12.7. The first-order chi connectivity index (χ1) is 10.2. The highest BCUT2D eigenvalue weighted by Gasteiger charge is 2.31. The van der Waals surface area contributed by atoms with E-state index >= 15 is 0 Å². The monoisotopic (exact) mass is 287 g/mol. The molecule has 1 aliphatic heterocycles. The summed E-state index contributed by atoms with van der Waals surface area (Å²) >= 11 is 0. The zero-order chi connectivity index (χ0) is 14.8. The summed E-state index contributed by atoms with van der Waals surface area (Å²) < 4.78 is 5.52. The number of aromatic nitrogens is 4. The van der Waals surface area contributed by atoms with E-state index in [1.807, 2.05) is 6.92 Å². The van der Waals surface area contributed by atoms with Crippen molar-refractivity contribution >= 4 is 5.91 Å². The lowest BCUT2D eigenvalue weighted by atomic mass is 10.1. The van der Waals surface area contributed by atoms with Crippen LogP contribution in [0.3, 0.4) is 0 Å². The summed E-state index contributed by atoms with van der Waals surface area (Å²) in [5, 5.41) is 7.00. The number of morpholine rings is 1. The molecule has 1 N–H and O–H groups in total. The average molecular weight is 287 g/mol. The van der Waals surface area contributed by atoms with Crippen LogP contribution in [0.5, 0.6) is 0 Å². The molecule has 0 bridgehead atoms. The van der Waals surface area contributed by atoms with Crippen LogP contribution in [0.1, 0.15) is 33.5 Å². The highest BCUT2D eigenvalue weighted by molar-refractivity contribution is 5.94. The molecule has 0 saturated carbocycles. The van der Waals surface area contributed by atoms with Crippen LogP contribution in [-0.4, -0.2) is 50.7 Å². The zero-order valence-corrected chi connectivity index (χ0v) is 12.0. The lowest BCUT2D eigenvalue weighted by Crippen LogP contribution is -2.43. The Morgan fingerprint density at radius 1 is 1.33 bits per heavy atom. The molecule has 1 saturated heterocycles. The first-order valence-corrected chi connectivity index (χ1v) is 6.84. The minimum atomic E-state index is -0.157. The van der Waals surface area contributed by atoms with Crippen molar-refractivity contribution in [3.05, 3.63) is 41.2 Å². The van der Waals surface area contributed by atoms with E-state index in [9.17, 15) is 4.79 Å². The van der Waals surface area contributed by atoms with Gasteiger partial charge in [-0.2, -0.15) is 5.10 Å². The van der Waals surface area contributed by atoms with Crippen molar-refractivity contribution in [3.63, 3.8) is 0 Å². The van der Waals surface area contributed by atoms with Crippen molar-refractivity contribution in [3.8, 4) is 0 Å². The van der Waals surface area contributed by atoms with E-state index in [1.54, 1.807) is 30.4 Å². The third kappa shape index (κ3) is 2.64. The minimum absolute atomic E-state index is 0.0858. The molecular weight excluding hydrogens is 270 g/mol. The van der Waals surface area contributed by atoms with Gasteiger partial charge in [-0.25, -0.2) is 9.97 Å². The first-order valence-electron chi connectivity index (χ1n) is 6.84. The molecule has 1 atom stereocenters. The van der Waals surface area contributed by atoms with Gasteiger partial charge in [-0.3, -0.25) is 9.89 Å². The number of rotatable bonds is 2. The molecule has 0 radical (unpaired) electrons. The van der Waals surface area contributed by atoms with Crippen molar-refractivity contribution in [2.24, 2.45) is 0 Å². The molecule has 0 aliphatic carbocycles. The number of amides is 1. The summed E-state index contributed by atoms with van der Waals surface area (Å²) in [5.74, 6) is 0.562. The quantitative estimate of drug-likeness (QED) is 0.892. The normalized spacial score (nSPS) is 18.8. The third-order valence-corrected chi connectivity index (χ3v) is 3.62. The number of ether oxygens (including phenoxy) is 1. The number of aromatic amines is 1. The lowest BCUT2D eigenvalue weighted by Gasteiger charge is -2.35. The van der Waals surface area contributed by atoms with E-state index in [-0.39, 0.29) is 11.9 Å². The van der Waals surface area contributed by atoms with Gasteiger partial charge >= 0.3 is 0 Å². The fourth-order valence-corrected chi connectivity index (χ4v) is 2.45. The standard InChI is InChI=1S/C14H17N5O2/c1-9-5-17-18-13(9)12-8-21-4-3-19(12)14(20)11-6-15-10(2)16-7-11/h5-7,12H,3-4,8H2,1-2H3,(H,17,18). The largest absolute Gasteiger partial charge is 0.377 e. The smallest absolute Gasteiger partial charge is 0.257 e. The van der Waals surface area contributed by atoms with Crippen LogP contribution in [0.25, 0.3) is 0 Å². The number of nitrogens with zero attached hydrogens (tertiary/aromatic N) is 4. The number of hydrogen-bond acceptors (Lipinski definition) is 5. The van der Waals surface area contributed by atoms with Gasteiger partial charge in [0.15, 0.2) is 0 Å². The molecule has 0 spiro atoms. The Morgan fingerprint density at radius 3 is 2.76 bits per heavy atom. The molecule has 2 aromatic heterocycles. The molecule has 1 aliphatic rings. The van der Waals surface area contributed by atoms with Gasteiger partial charge in [0, 0.05) is 18.9 Å². The molecule has 3 heterocycles. The van der Waals surface area contributed by atoms with Gasteiger partial charge in [-0.15, -0.1) is 0 Å². The molecule has 3 rings (SSSR count). The van der Waals surface area contributed by atoms with E-state index in [1.165, 1.54) is 0 Å². The van der Waals surface area contributed by atoms with Crippen molar-refractivity contribution in [1.82, 2.24) is 25.1 Å². The Bertz CT molecular complexity index is 637. The SMILES string of the molecule is Cc1ncc(C(=O)N2CCOCC2c2[nH]ncc2C)cn1. The molecule has 0 aromatic carbocycles. The van der Waals surface area contributed by atoms with Gasteiger partial charge < -0.3 is 9.64 Å². The number of H-pyrrole nitrogens is 1. The summed E-state index contributed by atoms with van der Waals surface area (Å²) in [6.07, 6.45) is 4.88. The molecule has 1 unspecified atom stereocenters. The number of nitrogens with one attached hydrogen (secondary N) is 1. The molecule has 110 valence electrons. The third-order valence-electron chi connectivity index (χ3n) is 3.62. The van der Waals surface area contributed by atoms with Crippen LogP contribution in [0.4, 0.5) is 0 Å². The van der Waals surface area contributed by atoms with E-state index in [0.717, 1.165) is 11.3 Å². The van der Waals surface area contributed by atoms with Gasteiger partial charge in [0.05, 0.1) is 36.7 Å². The van der Waals surface area contributed by atoms with Crippen LogP contribution >= 0.6 is 0 Å². The van der Waals surface area contributed by atoms with Crippen LogP contribution in [0.2, 0.25) is 0 Å².